The number of hydrogen-bond acceptors (Lipinski definition) is 7. The first-order valence-corrected chi connectivity index (χ1v) is 10.6. The van der Waals surface area contributed by atoms with Gasteiger partial charge in [0.15, 0.2) is 11.0 Å². The van der Waals surface area contributed by atoms with Gasteiger partial charge in [-0.3, -0.25) is 10.1 Å². The molecule has 0 saturated heterocycles. The van der Waals surface area contributed by atoms with E-state index in [4.69, 9.17) is 4.74 Å². The predicted molar refractivity (Wildman–Crippen MR) is 105 cm³/mol. The van der Waals surface area contributed by atoms with E-state index in [-0.39, 0.29) is 24.5 Å². The third-order valence-electron chi connectivity index (χ3n) is 4.57. The lowest BCUT2D eigenvalue weighted by Crippen LogP contribution is -2.34. The second kappa shape index (κ2) is 9.63. The zero-order valence-electron chi connectivity index (χ0n) is 16.2. The molecule has 1 atom stereocenters. The third kappa shape index (κ3) is 5.06. The molecule has 2 amide bonds. The van der Waals surface area contributed by atoms with Crippen LogP contribution in [0.1, 0.15) is 62.9 Å². The van der Waals surface area contributed by atoms with Gasteiger partial charge in [-0.05, 0) is 26.2 Å². The lowest BCUT2D eigenvalue weighted by Gasteiger charge is -2.17. The quantitative estimate of drug-likeness (QED) is 0.684. The van der Waals surface area contributed by atoms with Crippen LogP contribution in [0.15, 0.2) is 5.38 Å². The van der Waals surface area contributed by atoms with E-state index in [1.54, 1.807) is 12.3 Å². The van der Waals surface area contributed by atoms with Crippen molar-refractivity contribution in [1.29, 1.82) is 0 Å². The first-order valence-electron chi connectivity index (χ1n) is 9.70. The Kier molecular flexibility index (Phi) is 6.96. The molecule has 2 N–H and O–H groups in total. The molecule has 2 aromatic heterocycles. The van der Waals surface area contributed by atoms with Crippen molar-refractivity contribution in [3.8, 4) is 0 Å². The van der Waals surface area contributed by atoms with Gasteiger partial charge in [-0.1, -0.05) is 13.3 Å². The molecule has 0 aliphatic carbocycles. The molecule has 10 heteroatoms. The zero-order chi connectivity index (χ0) is 19.9. The van der Waals surface area contributed by atoms with E-state index < -0.39 is 0 Å². The van der Waals surface area contributed by atoms with Crippen molar-refractivity contribution in [2.75, 3.05) is 11.9 Å². The van der Waals surface area contributed by atoms with Crippen LogP contribution in [-0.2, 0) is 28.9 Å². The summed E-state index contributed by atoms with van der Waals surface area (Å²) in [5, 5.41) is 16.5. The maximum absolute atomic E-state index is 12.4. The summed E-state index contributed by atoms with van der Waals surface area (Å²) in [7, 11) is 0. The molecule has 0 saturated carbocycles. The van der Waals surface area contributed by atoms with Crippen LogP contribution < -0.4 is 10.6 Å². The molecule has 3 rings (SSSR count). The summed E-state index contributed by atoms with van der Waals surface area (Å²) < 4.78 is 7.05. The number of aromatic nitrogens is 4. The van der Waals surface area contributed by atoms with Crippen molar-refractivity contribution in [1.82, 2.24) is 25.1 Å². The number of carbonyl (C=O) groups is 2. The number of nitrogens with one attached hydrogen (secondary N) is 2. The molecule has 0 aromatic carbocycles. The summed E-state index contributed by atoms with van der Waals surface area (Å²) in [4.78, 5) is 28.2. The summed E-state index contributed by atoms with van der Waals surface area (Å²) >= 11 is 1.27. The second-order valence-corrected chi connectivity index (χ2v) is 7.48. The molecule has 0 spiro atoms. The largest absolute Gasteiger partial charge is 0.466 e. The van der Waals surface area contributed by atoms with E-state index in [1.807, 2.05) is 6.92 Å². The minimum Gasteiger partial charge on any atom is -0.466 e. The highest BCUT2D eigenvalue weighted by molar-refractivity contribution is 7.13. The highest BCUT2D eigenvalue weighted by Gasteiger charge is 2.23. The van der Waals surface area contributed by atoms with Gasteiger partial charge in [0.1, 0.15) is 5.82 Å². The number of rotatable bonds is 7. The van der Waals surface area contributed by atoms with E-state index in [0.717, 1.165) is 37.5 Å². The maximum atomic E-state index is 12.4. The van der Waals surface area contributed by atoms with Crippen LogP contribution in [0, 0.1) is 0 Å². The number of carbonyl (C=O) groups excluding carboxylic acids is 2. The van der Waals surface area contributed by atoms with Gasteiger partial charge in [-0.25, -0.2) is 9.78 Å². The highest BCUT2D eigenvalue weighted by Crippen LogP contribution is 2.21. The molecule has 9 nitrogen and oxygen atoms in total. The van der Waals surface area contributed by atoms with Gasteiger partial charge in [0, 0.05) is 18.3 Å². The minimum atomic E-state index is -0.352. The number of anilines is 1. The van der Waals surface area contributed by atoms with Crippen molar-refractivity contribution in [2.24, 2.45) is 0 Å². The summed E-state index contributed by atoms with van der Waals surface area (Å²) in [5.74, 6) is 1.47. The van der Waals surface area contributed by atoms with Gasteiger partial charge in [-0.15, -0.1) is 21.5 Å². The van der Waals surface area contributed by atoms with Crippen molar-refractivity contribution < 1.29 is 14.3 Å². The fourth-order valence-corrected chi connectivity index (χ4v) is 3.92. The smallest absolute Gasteiger partial charge is 0.321 e. The first kappa shape index (κ1) is 20.2. The molecule has 0 bridgehead atoms. The van der Waals surface area contributed by atoms with Gasteiger partial charge < -0.3 is 14.6 Å². The average Bonchev–Trinajstić information content (AvgIpc) is 3.19. The predicted octanol–water partition coefficient (Wildman–Crippen LogP) is 2.84. The second-order valence-electron chi connectivity index (χ2n) is 6.62. The maximum Gasteiger partial charge on any atom is 0.321 e. The van der Waals surface area contributed by atoms with Gasteiger partial charge in [0.25, 0.3) is 0 Å². The van der Waals surface area contributed by atoms with Gasteiger partial charge >= 0.3 is 12.0 Å². The van der Waals surface area contributed by atoms with Gasteiger partial charge in [-0.2, -0.15) is 0 Å². The molecular formula is C18H26N6O3S. The van der Waals surface area contributed by atoms with E-state index >= 15 is 0 Å². The zero-order valence-corrected chi connectivity index (χ0v) is 17.0. The van der Waals surface area contributed by atoms with E-state index in [1.165, 1.54) is 17.8 Å². The number of esters is 1. The molecule has 3 heterocycles. The molecule has 1 aliphatic heterocycles. The van der Waals surface area contributed by atoms with Crippen molar-refractivity contribution in [3.05, 3.63) is 22.7 Å². The Morgan fingerprint density at radius 3 is 2.93 bits per heavy atom. The number of urea groups is 1. The standard InChI is InChI=1S/C18H26N6O3S/c1-3-13(16-23-22-14-8-6-5-7-9-24(14)16)20-17(26)21-18-19-12(11-28-18)10-15(25)27-4-2/h11,13H,3-10H2,1-2H3,(H2,19,20,21,26)/t13-/m1/s1. The van der Waals surface area contributed by atoms with Crippen LogP contribution in [-0.4, -0.2) is 38.4 Å². The van der Waals surface area contributed by atoms with Crippen molar-refractivity contribution in [2.45, 2.75) is 65.0 Å². The van der Waals surface area contributed by atoms with Crippen LogP contribution >= 0.6 is 11.3 Å². The third-order valence-corrected chi connectivity index (χ3v) is 5.37. The first-order chi connectivity index (χ1) is 13.6. The monoisotopic (exact) mass is 406 g/mol. The SMILES string of the molecule is CCOC(=O)Cc1csc(NC(=O)N[C@H](CC)c2nnc3n2CCCCC3)n1. The Labute approximate surface area is 167 Å². The molecular weight excluding hydrogens is 380 g/mol. The molecule has 0 unspecified atom stereocenters. The lowest BCUT2D eigenvalue weighted by molar-refractivity contribution is -0.142. The normalized spacial score (nSPS) is 14.6. The molecule has 152 valence electrons. The Morgan fingerprint density at radius 1 is 1.29 bits per heavy atom. The fourth-order valence-electron chi connectivity index (χ4n) is 3.21. The van der Waals surface area contributed by atoms with E-state index in [9.17, 15) is 9.59 Å². The summed E-state index contributed by atoms with van der Waals surface area (Å²) in [6, 6.07) is -0.576. The van der Waals surface area contributed by atoms with Crippen LogP contribution in [0.5, 0.6) is 0 Å². The Hall–Kier alpha value is -2.49. The topological polar surface area (TPSA) is 111 Å². The number of amides is 2. The number of aryl methyl sites for hydroxylation is 1. The van der Waals surface area contributed by atoms with Gasteiger partial charge in [0.2, 0.25) is 0 Å². The molecule has 28 heavy (non-hydrogen) atoms. The van der Waals surface area contributed by atoms with Crippen LogP contribution in [0.25, 0.3) is 0 Å². The minimum absolute atomic E-state index is 0.0944. The molecule has 0 fully saturated rings. The van der Waals surface area contributed by atoms with E-state index in [2.05, 4.69) is 30.4 Å². The lowest BCUT2D eigenvalue weighted by atomic mass is 10.2. The Bertz CT molecular complexity index is 818. The van der Waals surface area contributed by atoms with E-state index in [0.29, 0.717) is 23.9 Å². The number of nitrogens with zero attached hydrogens (tertiary/aromatic N) is 4. The highest BCUT2D eigenvalue weighted by atomic mass is 32.1. The molecule has 1 aliphatic rings. The Balaban J connectivity index is 1.60. The number of ether oxygens (including phenoxy) is 1. The fraction of sp³-hybridized carbons (Fsp3) is 0.611. The van der Waals surface area contributed by atoms with Crippen LogP contribution in [0.3, 0.4) is 0 Å². The van der Waals surface area contributed by atoms with Crippen LogP contribution in [0.2, 0.25) is 0 Å². The summed E-state index contributed by atoms with van der Waals surface area (Å²) in [6.07, 6.45) is 5.14. The number of thiazole rings is 1. The molecule has 2 aromatic rings. The summed E-state index contributed by atoms with van der Waals surface area (Å²) in [5.41, 5.74) is 0.577. The van der Waals surface area contributed by atoms with Crippen LogP contribution in [0.4, 0.5) is 9.93 Å². The number of fused-ring (bicyclic) bond motifs is 1. The van der Waals surface area contributed by atoms with Crippen molar-refractivity contribution in [3.63, 3.8) is 0 Å². The summed E-state index contributed by atoms with van der Waals surface area (Å²) in [6.45, 7) is 4.99. The van der Waals surface area contributed by atoms with Gasteiger partial charge in [0.05, 0.1) is 24.8 Å². The Morgan fingerprint density at radius 2 is 2.14 bits per heavy atom. The van der Waals surface area contributed by atoms with Crippen molar-refractivity contribution >= 4 is 28.5 Å². The molecule has 0 radical (unpaired) electrons. The average molecular weight is 407 g/mol. The number of hydrogen-bond donors (Lipinski definition) is 2.